The van der Waals surface area contributed by atoms with E-state index in [1.807, 2.05) is 38.1 Å². The number of nitrogens with zero attached hydrogens (tertiary/aromatic N) is 1. The maximum Gasteiger partial charge on any atom is 0.338 e. The van der Waals surface area contributed by atoms with Crippen LogP contribution >= 0.6 is 0 Å². The van der Waals surface area contributed by atoms with Gasteiger partial charge in [0.15, 0.2) is 6.61 Å². The summed E-state index contributed by atoms with van der Waals surface area (Å²) in [4.78, 5) is 37.9. The normalized spacial score (nSPS) is 14.6. The summed E-state index contributed by atoms with van der Waals surface area (Å²) in [6.07, 6.45) is 2.14. The van der Waals surface area contributed by atoms with Crippen molar-refractivity contribution in [2.24, 2.45) is 0 Å². The lowest BCUT2D eigenvalue weighted by molar-refractivity contribution is -0.125. The molecule has 1 saturated heterocycles. The van der Waals surface area contributed by atoms with Gasteiger partial charge in [-0.3, -0.25) is 9.59 Å². The maximum atomic E-state index is 12.2. The number of hydrogen-bond donors (Lipinski definition) is 1. The van der Waals surface area contributed by atoms with E-state index in [9.17, 15) is 14.4 Å². The zero-order valence-corrected chi connectivity index (χ0v) is 16.8. The van der Waals surface area contributed by atoms with Crippen molar-refractivity contribution < 1.29 is 19.1 Å². The monoisotopic (exact) mass is 394 g/mol. The Balaban J connectivity index is 1.52. The molecule has 0 aliphatic carbocycles. The van der Waals surface area contributed by atoms with Gasteiger partial charge in [0.05, 0.1) is 11.6 Å². The van der Waals surface area contributed by atoms with Crippen molar-refractivity contribution in [2.75, 3.05) is 18.1 Å². The van der Waals surface area contributed by atoms with Crippen molar-refractivity contribution in [3.05, 3.63) is 65.2 Å². The molecular weight excluding hydrogens is 368 g/mol. The van der Waals surface area contributed by atoms with Gasteiger partial charge in [-0.15, -0.1) is 0 Å². The Morgan fingerprint density at radius 2 is 1.79 bits per heavy atom. The molecule has 29 heavy (non-hydrogen) atoms. The fourth-order valence-electron chi connectivity index (χ4n) is 3.37. The van der Waals surface area contributed by atoms with Gasteiger partial charge in [-0.25, -0.2) is 4.79 Å². The first-order chi connectivity index (χ1) is 14.0. The van der Waals surface area contributed by atoms with Crippen LogP contribution in [0.25, 0.3) is 0 Å². The van der Waals surface area contributed by atoms with Crippen molar-refractivity contribution in [1.29, 1.82) is 0 Å². The maximum absolute atomic E-state index is 12.2. The number of hydrogen-bond acceptors (Lipinski definition) is 4. The molecule has 6 heteroatoms. The molecule has 0 spiro atoms. The summed E-state index contributed by atoms with van der Waals surface area (Å²) in [5.74, 6) is -0.816. The molecule has 0 unspecified atom stereocenters. The molecule has 1 fully saturated rings. The SMILES string of the molecule is CC[C@@H](NC(=O)COC(=O)c1ccc(N2CCCC2=O)cc1)c1ccc(C)cc1. The van der Waals surface area contributed by atoms with Crippen LogP contribution in [-0.4, -0.2) is 30.9 Å². The molecule has 1 N–H and O–H groups in total. The lowest BCUT2D eigenvalue weighted by Crippen LogP contribution is -2.32. The van der Waals surface area contributed by atoms with Crippen molar-refractivity contribution in [2.45, 2.75) is 39.2 Å². The number of esters is 1. The highest BCUT2D eigenvalue weighted by atomic mass is 16.5. The van der Waals surface area contributed by atoms with Crippen LogP contribution in [0.1, 0.15) is 53.7 Å². The Morgan fingerprint density at radius 3 is 2.38 bits per heavy atom. The Bertz CT molecular complexity index is 875. The molecule has 6 nitrogen and oxygen atoms in total. The molecule has 2 aromatic carbocycles. The molecule has 0 saturated carbocycles. The van der Waals surface area contributed by atoms with Gasteiger partial charge >= 0.3 is 5.97 Å². The molecule has 3 rings (SSSR count). The second-order valence-electron chi connectivity index (χ2n) is 7.21. The van der Waals surface area contributed by atoms with Crippen LogP contribution in [0.3, 0.4) is 0 Å². The van der Waals surface area contributed by atoms with Gasteiger partial charge in [0.25, 0.3) is 5.91 Å². The third-order valence-corrected chi connectivity index (χ3v) is 5.05. The minimum absolute atomic E-state index is 0.0936. The second kappa shape index (κ2) is 9.37. The summed E-state index contributed by atoms with van der Waals surface area (Å²) < 4.78 is 5.15. The summed E-state index contributed by atoms with van der Waals surface area (Å²) in [5, 5.41) is 2.90. The third kappa shape index (κ3) is 5.22. The highest BCUT2D eigenvalue weighted by Gasteiger charge is 2.22. The molecule has 0 bridgehead atoms. The molecule has 0 radical (unpaired) electrons. The van der Waals surface area contributed by atoms with Crippen LogP contribution in [-0.2, 0) is 14.3 Å². The highest BCUT2D eigenvalue weighted by Crippen LogP contribution is 2.22. The number of carbonyl (C=O) groups excluding carboxylic acids is 3. The van der Waals surface area contributed by atoms with Gasteiger partial charge in [-0.1, -0.05) is 36.8 Å². The van der Waals surface area contributed by atoms with Gasteiger partial charge < -0.3 is 15.0 Å². The lowest BCUT2D eigenvalue weighted by Gasteiger charge is -2.18. The third-order valence-electron chi connectivity index (χ3n) is 5.05. The average molecular weight is 394 g/mol. The second-order valence-corrected chi connectivity index (χ2v) is 7.21. The van der Waals surface area contributed by atoms with Gasteiger partial charge in [0.1, 0.15) is 0 Å². The number of carbonyl (C=O) groups is 3. The van der Waals surface area contributed by atoms with Gasteiger partial charge in [0.2, 0.25) is 5.91 Å². The zero-order valence-electron chi connectivity index (χ0n) is 16.8. The molecule has 152 valence electrons. The van der Waals surface area contributed by atoms with Crippen LogP contribution < -0.4 is 10.2 Å². The van der Waals surface area contributed by atoms with E-state index in [0.717, 1.165) is 29.7 Å². The highest BCUT2D eigenvalue weighted by molar-refractivity contribution is 5.96. The topological polar surface area (TPSA) is 75.7 Å². The smallest absolute Gasteiger partial charge is 0.338 e. The largest absolute Gasteiger partial charge is 0.452 e. The Morgan fingerprint density at radius 1 is 1.10 bits per heavy atom. The van der Waals surface area contributed by atoms with E-state index in [1.165, 1.54) is 0 Å². The standard InChI is InChI=1S/C23H26N2O4/c1-3-20(17-8-6-16(2)7-9-17)24-21(26)15-29-23(28)18-10-12-19(13-11-18)25-14-4-5-22(25)27/h6-13,20H,3-5,14-15H2,1-2H3,(H,24,26)/t20-/m1/s1. The molecule has 2 amide bonds. The van der Waals surface area contributed by atoms with Crippen LogP contribution in [0.4, 0.5) is 5.69 Å². The van der Waals surface area contributed by atoms with Crippen LogP contribution in [0.15, 0.2) is 48.5 Å². The van der Waals surface area contributed by atoms with E-state index >= 15 is 0 Å². The summed E-state index contributed by atoms with van der Waals surface area (Å²) >= 11 is 0. The number of aryl methyl sites for hydroxylation is 1. The van der Waals surface area contributed by atoms with E-state index in [0.29, 0.717) is 18.5 Å². The lowest BCUT2D eigenvalue weighted by atomic mass is 10.0. The quantitative estimate of drug-likeness (QED) is 0.729. The van der Waals surface area contributed by atoms with Crippen LogP contribution in [0.2, 0.25) is 0 Å². The molecular formula is C23H26N2O4. The molecule has 1 atom stereocenters. The van der Waals surface area contributed by atoms with Gasteiger partial charge in [0, 0.05) is 18.7 Å². The first-order valence-electron chi connectivity index (χ1n) is 9.91. The predicted octanol–water partition coefficient (Wildman–Crippen LogP) is 3.55. The van der Waals surface area contributed by atoms with Crippen molar-refractivity contribution in [3.63, 3.8) is 0 Å². The fraction of sp³-hybridized carbons (Fsp3) is 0.348. The number of rotatable bonds is 7. The number of nitrogens with one attached hydrogen (secondary N) is 1. The summed E-state index contributed by atoms with van der Waals surface area (Å²) in [6.45, 7) is 4.36. The molecule has 0 aromatic heterocycles. The van der Waals surface area contributed by atoms with E-state index in [4.69, 9.17) is 4.74 Å². The number of amides is 2. The van der Waals surface area contributed by atoms with E-state index in [1.54, 1.807) is 29.2 Å². The average Bonchev–Trinajstić information content (AvgIpc) is 3.17. The van der Waals surface area contributed by atoms with Crippen LogP contribution in [0.5, 0.6) is 0 Å². The minimum Gasteiger partial charge on any atom is -0.452 e. The number of benzene rings is 2. The van der Waals surface area contributed by atoms with E-state index in [-0.39, 0.29) is 24.5 Å². The van der Waals surface area contributed by atoms with Gasteiger partial charge in [-0.05, 0) is 49.6 Å². The molecule has 2 aromatic rings. The van der Waals surface area contributed by atoms with Crippen LogP contribution in [0, 0.1) is 6.92 Å². The summed E-state index contributed by atoms with van der Waals surface area (Å²) in [7, 11) is 0. The minimum atomic E-state index is -0.567. The van der Waals surface area contributed by atoms with Crippen molar-refractivity contribution in [3.8, 4) is 0 Å². The van der Waals surface area contributed by atoms with Gasteiger partial charge in [-0.2, -0.15) is 0 Å². The van der Waals surface area contributed by atoms with Crippen molar-refractivity contribution >= 4 is 23.5 Å². The predicted molar refractivity (Wildman–Crippen MR) is 111 cm³/mol. The first kappa shape index (κ1) is 20.6. The Labute approximate surface area is 170 Å². The molecule has 1 aliphatic heterocycles. The summed E-state index contributed by atoms with van der Waals surface area (Å²) in [6, 6.07) is 14.5. The summed E-state index contributed by atoms with van der Waals surface area (Å²) in [5.41, 5.74) is 3.29. The number of ether oxygens (including phenoxy) is 1. The molecule has 1 aliphatic rings. The first-order valence-corrected chi connectivity index (χ1v) is 9.91. The Kier molecular flexibility index (Phi) is 6.65. The molecule has 1 heterocycles. The number of anilines is 1. The van der Waals surface area contributed by atoms with E-state index < -0.39 is 5.97 Å². The zero-order chi connectivity index (χ0) is 20.8. The fourth-order valence-corrected chi connectivity index (χ4v) is 3.37. The van der Waals surface area contributed by atoms with Crippen molar-refractivity contribution in [1.82, 2.24) is 5.32 Å². The Hall–Kier alpha value is -3.15. The van der Waals surface area contributed by atoms with E-state index in [2.05, 4.69) is 5.32 Å².